The molecule has 1 aliphatic heterocycles. The minimum absolute atomic E-state index is 0.0130. The summed E-state index contributed by atoms with van der Waals surface area (Å²) in [4.78, 5) is 24.6. The van der Waals surface area contributed by atoms with Crippen molar-refractivity contribution in [2.45, 2.75) is 12.0 Å². The molecule has 0 spiro atoms. The molecule has 0 aromatic heterocycles. The van der Waals surface area contributed by atoms with Crippen molar-refractivity contribution in [3.05, 3.63) is 57.6 Å². The molecule has 2 aromatic carbocycles. The van der Waals surface area contributed by atoms with Crippen LogP contribution in [-0.2, 0) is 10.4 Å². The molecule has 7 heteroatoms. The highest BCUT2D eigenvalue weighted by Gasteiger charge is 2.49. The lowest BCUT2D eigenvalue weighted by molar-refractivity contribution is -0.133. The van der Waals surface area contributed by atoms with Crippen LogP contribution in [0.25, 0.3) is 0 Å². The zero-order chi connectivity index (χ0) is 16.8. The summed E-state index contributed by atoms with van der Waals surface area (Å²) in [5.41, 5.74) is -1.52. The van der Waals surface area contributed by atoms with Crippen LogP contribution in [0.1, 0.15) is 22.3 Å². The van der Waals surface area contributed by atoms with Gasteiger partial charge in [0.15, 0.2) is 11.4 Å². The molecular formula is C16H11Cl2NO4. The summed E-state index contributed by atoms with van der Waals surface area (Å²) in [6.45, 7) is 0. The zero-order valence-corrected chi connectivity index (χ0v) is 13.1. The van der Waals surface area contributed by atoms with Gasteiger partial charge in [-0.1, -0.05) is 23.2 Å². The number of phenols is 1. The van der Waals surface area contributed by atoms with Crippen molar-refractivity contribution in [2.75, 3.05) is 5.32 Å². The van der Waals surface area contributed by atoms with E-state index in [1.807, 2.05) is 0 Å². The Morgan fingerprint density at radius 2 is 1.70 bits per heavy atom. The van der Waals surface area contributed by atoms with Gasteiger partial charge in [-0.15, -0.1) is 0 Å². The predicted octanol–water partition coefficient (Wildman–Crippen LogP) is 3.11. The lowest BCUT2D eigenvalue weighted by Gasteiger charge is -2.21. The first kappa shape index (κ1) is 15.8. The number of hydrogen-bond donors (Lipinski definition) is 3. The van der Waals surface area contributed by atoms with Crippen LogP contribution in [0.4, 0.5) is 5.69 Å². The third kappa shape index (κ3) is 2.57. The highest BCUT2D eigenvalue weighted by atomic mass is 35.5. The van der Waals surface area contributed by atoms with Gasteiger partial charge < -0.3 is 15.5 Å². The summed E-state index contributed by atoms with van der Waals surface area (Å²) in [5.74, 6) is -1.21. The normalized spacial score (nSPS) is 19.3. The fourth-order valence-electron chi connectivity index (χ4n) is 2.56. The molecule has 118 valence electrons. The van der Waals surface area contributed by atoms with Gasteiger partial charge in [-0.2, -0.15) is 0 Å². The zero-order valence-electron chi connectivity index (χ0n) is 11.6. The first-order valence-corrected chi connectivity index (χ1v) is 7.43. The number of amides is 1. The predicted molar refractivity (Wildman–Crippen MR) is 86.0 cm³/mol. The van der Waals surface area contributed by atoms with Crippen LogP contribution in [0.5, 0.6) is 5.75 Å². The molecule has 3 N–H and O–H groups in total. The van der Waals surface area contributed by atoms with Crippen molar-refractivity contribution in [1.82, 2.24) is 0 Å². The first-order valence-electron chi connectivity index (χ1n) is 6.67. The molecule has 1 heterocycles. The number of aliphatic hydroxyl groups is 1. The highest BCUT2D eigenvalue weighted by molar-refractivity contribution is 6.38. The molecule has 1 amide bonds. The van der Waals surface area contributed by atoms with Crippen molar-refractivity contribution in [3.8, 4) is 5.75 Å². The minimum atomic E-state index is -2.09. The number of Topliss-reactive ketones (excluding diaryl/α,β-unsaturated/α-hetero) is 1. The molecule has 2 aromatic rings. The summed E-state index contributed by atoms with van der Waals surface area (Å²) in [7, 11) is 0. The van der Waals surface area contributed by atoms with Crippen LogP contribution in [0, 0.1) is 0 Å². The van der Waals surface area contributed by atoms with Crippen LogP contribution in [-0.4, -0.2) is 21.9 Å². The molecule has 0 radical (unpaired) electrons. The van der Waals surface area contributed by atoms with Crippen molar-refractivity contribution in [1.29, 1.82) is 0 Å². The van der Waals surface area contributed by atoms with Gasteiger partial charge in [0.1, 0.15) is 5.75 Å². The van der Waals surface area contributed by atoms with E-state index in [1.165, 1.54) is 36.4 Å². The quantitative estimate of drug-likeness (QED) is 0.741. The van der Waals surface area contributed by atoms with Crippen molar-refractivity contribution in [3.63, 3.8) is 0 Å². The molecule has 0 bridgehead atoms. The molecule has 0 saturated heterocycles. The van der Waals surface area contributed by atoms with Gasteiger partial charge in [0.2, 0.25) is 0 Å². The Labute approximate surface area is 141 Å². The number of carbonyl (C=O) groups excluding carboxylic acids is 2. The lowest BCUT2D eigenvalue weighted by atomic mass is 9.88. The molecule has 5 nitrogen and oxygen atoms in total. The number of carbonyl (C=O) groups is 2. The topological polar surface area (TPSA) is 86.6 Å². The van der Waals surface area contributed by atoms with Crippen LogP contribution >= 0.6 is 23.2 Å². The van der Waals surface area contributed by atoms with E-state index in [1.54, 1.807) is 0 Å². The number of nitrogens with one attached hydrogen (secondary N) is 1. The monoisotopic (exact) mass is 351 g/mol. The van der Waals surface area contributed by atoms with Gasteiger partial charge in [-0.3, -0.25) is 9.59 Å². The van der Waals surface area contributed by atoms with E-state index >= 15 is 0 Å². The minimum Gasteiger partial charge on any atom is -0.508 e. The Morgan fingerprint density at radius 1 is 1.09 bits per heavy atom. The van der Waals surface area contributed by atoms with E-state index in [0.717, 1.165) is 0 Å². The van der Waals surface area contributed by atoms with Crippen molar-refractivity contribution >= 4 is 40.6 Å². The smallest absolute Gasteiger partial charge is 0.261 e. The van der Waals surface area contributed by atoms with E-state index in [0.29, 0.717) is 0 Å². The Bertz CT molecular complexity index is 820. The van der Waals surface area contributed by atoms with Crippen LogP contribution < -0.4 is 5.32 Å². The number of benzene rings is 2. The summed E-state index contributed by atoms with van der Waals surface area (Å²) < 4.78 is 0. The molecule has 0 fully saturated rings. The number of ketones is 1. The van der Waals surface area contributed by atoms with Gasteiger partial charge in [0.05, 0.1) is 17.1 Å². The maximum absolute atomic E-state index is 12.4. The second-order valence-electron chi connectivity index (χ2n) is 5.24. The van der Waals surface area contributed by atoms with Crippen LogP contribution in [0.2, 0.25) is 10.0 Å². The molecule has 23 heavy (non-hydrogen) atoms. The number of fused-ring (bicyclic) bond motifs is 1. The number of hydrogen-bond acceptors (Lipinski definition) is 4. The maximum atomic E-state index is 12.4. The van der Waals surface area contributed by atoms with E-state index in [-0.39, 0.29) is 32.6 Å². The first-order chi connectivity index (χ1) is 10.8. The summed E-state index contributed by atoms with van der Waals surface area (Å²) in [6, 6.07) is 8.48. The average Bonchev–Trinajstić information content (AvgIpc) is 2.77. The number of halogens is 2. The van der Waals surface area contributed by atoms with Crippen LogP contribution in [0.15, 0.2) is 36.4 Å². The molecular weight excluding hydrogens is 341 g/mol. The number of phenolic OH excluding ortho intramolecular Hbond substituents is 1. The van der Waals surface area contributed by atoms with Gasteiger partial charge in [0, 0.05) is 16.1 Å². The molecule has 1 aliphatic rings. The molecule has 1 atom stereocenters. The number of aromatic hydroxyl groups is 1. The van der Waals surface area contributed by atoms with Gasteiger partial charge >= 0.3 is 0 Å². The van der Waals surface area contributed by atoms with E-state index in [2.05, 4.69) is 5.32 Å². The maximum Gasteiger partial charge on any atom is 0.261 e. The van der Waals surface area contributed by atoms with Gasteiger partial charge in [0.25, 0.3) is 5.91 Å². The number of anilines is 1. The third-order valence-electron chi connectivity index (χ3n) is 3.74. The second-order valence-corrected chi connectivity index (χ2v) is 6.05. The number of rotatable bonds is 3. The van der Waals surface area contributed by atoms with E-state index in [9.17, 15) is 19.8 Å². The summed E-state index contributed by atoms with van der Waals surface area (Å²) >= 11 is 12.1. The standard InChI is InChI=1S/C16H11Cl2NO4/c17-10-5-6-11(18)14-13(10)16(23,15(22)19-14)7-12(21)8-1-3-9(20)4-2-8/h1-6,20,23H,7H2,(H,19,22). The molecule has 3 rings (SSSR count). The highest BCUT2D eigenvalue weighted by Crippen LogP contribution is 2.46. The fourth-order valence-corrected chi connectivity index (χ4v) is 3.08. The second kappa shape index (κ2) is 5.53. The lowest BCUT2D eigenvalue weighted by Crippen LogP contribution is -2.36. The third-order valence-corrected chi connectivity index (χ3v) is 4.37. The Kier molecular flexibility index (Phi) is 3.80. The molecule has 0 saturated carbocycles. The molecule has 1 unspecified atom stereocenters. The Morgan fingerprint density at radius 3 is 2.35 bits per heavy atom. The Balaban J connectivity index is 2.00. The largest absolute Gasteiger partial charge is 0.508 e. The fraction of sp³-hybridized carbons (Fsp3) is 0.125. The van der Waals surface area contributed by atoms with Crippen molar-refractivity contribution < 1.29 is 19.8 Å². The summed E-state index contributed by atoms with van der Waals surface area (Å²) in [6.07, 6.45) is -0.489. The van der Waals surface area contributed by atoms with Crippen LogP contribution in [0.3, 0.4) is 0 Å². The SMILES string of the molecule is O=C(CC1(O)C(=O)Nc2c(Cl)ccc(Cl)c21)c1ccc(O)cc1. The molecule has 0 aliphatic carbocycles. The van der Waals surface area contributed by atoms with E-state index < -0.39 is 23.7 Å². The Hall–Kier alpha value is -2.08. The summed E-state index contributed by atoms with van der Waals surface area (Å²) in [5, 5.41) is 22.9. The van der Waals surface area contributed by atoms with Gasteiger partial charge in [-0.05, 0) is 36.4 Å². The average molecular weight is 352 g/mol. The van der Waals surface area contributed by atoms with Crippen molar-refractivity contribution in [2.24, 2.45) is 0 Å². The van der Waals surface area contributed by atoms with Gasteiger partial charge in [-0.25, -0.2) is 0 Å². The van der Waals surface area contributed by atoms with E-state index in [4.69, 9.17) is 23.2 Å².